The van der Waals surface area contributed by atoms with Crippen LogP contribution in [0, 0.1) is 10.1 Å². The second kappa shape index (κ2) is 7.81. The van der Waals surface area contributed by atoms with Gasteiger partial charge in [-0.3, -0.25) is 0 Å². The van der Waals surface area contributed by atoms with E-state index in [0.29, 0.717) is 13.2 Å². The second-order valence-corrected chi connectivity index (χ2v) is 5.87. The third-order valence-electron chi connectivity index (χ3n) is 4.22. The molecule has 0 fully saturated rings. The molecule has 1 aliphatic rings. The number of nitrogens with one attached hydrogen (secondary N) is 1. The number of hydrogen-bond acceptors (Lipinski definition) is 5. The number of benzene rings is 2. The van der Waals surface area contributed by atoms with Crippen molar-refractivity contribution in [1.82, 2.24) is 10.2 Å². The fourth-order valence-electron chi connectivity index (χ4n) is 2.94. The second-order valence-electron chi connectivity index (χ2n) is 5.87. The highest BCUT2D eigenvalue weighted by Crippen LogP contribution is 2.26. The molecule has 2 aromatic rings. The van der Waals surface area contributed by atoms with Gasteiger partial charge in [-0.25, -0.2) is 4.90 Å². The highest BCUT2D eigenvalue weighted by Gasteiger charge is 2.32. The predicted octanol–water partition coefficient (Wildman–Crippen LogP) is 3.12. The van der Waals surface area contributed by atoms with Gasteiger partial charge in [-0.15, -0.1) is 0 Å². The molecule has 0 aromatic heterocycles. The van der Waals surface area contributed by atoms with Gasteiger partial charge in [0, 0.05) is 0 Å². The Hall–Kier alpha value is -2.86. The molecule has 0 bridgehead atoms. The van der Waals surface area contributed by atoms with Gasteiger partial charge in [-0.05, 0) is 23.0 Å². The first-order valence-corrected chi connectivity index (χ1v) is 8.25. The molecule has 0 saturated carbocycles. The zero-order chi connectivity index (χ0) is 17.6. The molecule has 0 radical (unpaired) electrons. The first-order valence-electron chi connectivity index (χ1n) is 8.25. The molecule has 1 aliphatic heterocycles. The Balaban J connectivity index is 1.70. The first kappa shape index (κ1) is 17.0. The summed E-state index contributed by atoms with van der Waals surface area (Å²) in [6.45, 7) is 2.71. The van der Waals surface area contributed by atoms with Crippen LogP contribution in [0.2, 0.25) is 0 Å². The molecule has 130 valence electrons. The summed E-state index contributed by atoms with van der Waals surface area (Å²) in [5.41, 5.74) is 2.12. The molecule has 6 nitrogen and oxygen atoms in total. The lowest BCUT2D eigenvalue weighted by Crippen LogP contribution is -2.38. The van der Waals surface area contributed by atoms with Crippen LogP contribution in [0.15, 0.2) is 72.7 Å². The molecular formula is C19H21N3O3. The van der Waals surface area contributed by atoms with Crippen molar-refractivity contribution in [2.24, 2.45) is 0 Å². The van der Waals surface area contributed by atoms with E-state index in [2.05, 4.69) is 5.32 Å². The average molecular weight is 339 g/mol. The van der Waals surface area contributed by atoms with E-state index in [1.165, 1.54) is 6.20 Å². The van der Waals surface area contributed by atoms with Gasteiger partial charge in [0.2, 0.25) is 0 Å². The van der Waals surface area contributed by atoms with E-state index in [0.717, 1.165) is 11.1 Å². The Labute approximate surface area is 146 Å². The molecule has 0 saturated heterocycles. The van der Waals surface area contributed by atoms with Crippen molar-refractivity contribution >= 4 is 0 Å². The van der Waals surface area contributed by atoms with E-state index in [1.54, 1.807) is 4.90 Å². The third-order valence-corrected chi connectivity index (χ3v) is 4.22. The van der Waals surface area contributed by atoms with Gasteiger partial charge in [-0.1, -0.05) is 60.7 Å². The summed E-state index contributed by atoms with van der Waals surface area (Å²) >= 11 is 0. The van der Waals surface area contributed by atoms with E-state index in [9.17, 15) is 10.1 Å². The van der Waals surface area contributed by atoms with Crippen molar-refractivity contribution in [1.29, 1.82) is 0 Å². The maximum Gasteiger partial charge on any atom is 0.335 e. The van der Waals surface area contributed by atoms with Crippen LogP contribution >= 0.6 is 0 Å². The monoisotopic (exact) mass is 339 g/mol. The smallest absolute Gasteiger partial charge is 0.335 e. The number of rotatable bonds is 7. The van der Waals surface area contributed by atoms with Crippen LogP contribution in [0.25, 0.3) is 0 Å². The molecule has 3 rings (SSSR count). The molecule has 0 aliphatic carbocycles. The minimum Gasteiger partial charge on any atom is -0.365 e. The van der Waals surface area contributed by atoms with Crippen LogP contribution in [-0.2, 0) is 4.74 Å². The van der Waals surface area contributed by atoms with Crippen LogP contribution in [0.3, 0.4) is 0 Å². The molecule has 6 heteroatoms. The van der Waals surface area contributed by atoms with Gasteiger partial charge < -0.3 is 20.2 Å². The van der Waals surface area contributed by atoms with Gasteiger partial charge in [0.25, 0.3) is 0 Å². The molecule has 1 N–H and O–H groups in total. The van der Waals surface area contributed by atoms with E-state index in [4.69, 9.17) is 4.74 Å². The lowest BCUT2D eigenvalue weighted by Gasteiger charge is -2.22. The molecule has 1 heterocycles. The van der Waals surface area contributed by atoms with Gasteiger partial charge >= 0.3 is 5.82 Å². The summed E-state index contributed by atoms with van der Waals surface area (Å²) < 4.78 is 6.13. The summed E-state index contributed by atoms with van der Waals surface area (Å²) in [7, 11) is 0. The molecule has 25 heavy (non-hydrogen) atoms. The van der Waals surface area contributed by atoms with Gasteiger partial charge in [0.1, 0.15) is 12.6 Å². The third kappa shape index (κ3) is 3.97. The Morgan fingerprint density at radius 1 is 1.12 bits per heavy atom. The van der Waals surface area contributed by atoms with Crippen LogP contribution in [0.5, 0.6) is 0 Å². The molecule has 0 spiro atoms. The van der Waals surface area contributed by atoms with Crippen molar-refractivity contribution in [3.05, 3.63) is 93.9 Å². The maximum atomic E-state index is 11.1. The minimum absolute atomic E-state index is 0.0760. The molecule has 1 atom stereocenters. The minimum atomic E-state index is -0.373. The number of ether oxygens (including phenoxy) is 1. The van der Waals surface area contributed by atoms with Crippen LogP contribution < -0.4 is 5.32 Å². The zero-order valence-electron chi connectivity index (χ0n) is 14.0. The average Bonchev–Trinajstić information content (AvgIpc) is 3.01. The summed E-state index contributed by atoms with van der Waals surface area (Å²) in [4.78, 5) is 12.4. The van der Waals surface area contributed by atoms with Crippen molar-refractivity contribution < 1.29 is 9.66 Å². The summed E-state index contributed by atoms with van der Waals surface area (Å²) in [5, 5.41) is 14.1. The normalized spacial score (nSPS) is 16.6. The van der Waals surface area contributed by atoms with Crippen molar-refractivity contribution in [3.63, 3.8) is 0 Å². The highest BCUT2D eigenvalue weighted by molar-refractivity contribution is 5.29. The highest BCUT2D eigenvalue weighted by atomic mass is 16.6. The van der Waals surface area contributed by atoms with Crippen molar-refractivity contribution in [2.45, 2.75) is 19.2 Å². The summed E-state index contributed by atoms with van der Waals surface area (Å²) in [6, 6.07) is 20.0. The van der Waals surface area contributed by atoms with E-state index < -0.39 is 0 Å². The lowest BCUT2D eigenvalue weighted by molar-refractivity contribution is -0.445. The fraction of sp³-hybridized carbons (Fsp3) is 0.263. The van der Waals surface area contributed by atoms with Crippen LogP contribution in [0.4, 0.5) is 0 Å². The maximum absolute atomic E-state index is 11.1. The summed E-state index contributed by atoms with van der Waals surface area (Å²) in [5.74, 6) is 0.0760. The van der Waals surface area contributed by atoms with Gasteiger partial charge in [0.15, 0.2) is 6.17 Å². The number of hydrogen-bond donors (Lipinski definition) is 1. The lowest BCUT2D eigenvalue weighted by atomic mass is 10.0. The van der Waals surface area contributed by atoms with Crippen LogP contribution in [0.1, 0.15) is 24.2 Å². The SMILES string of the molecule is CC1NC=C([N+](=O)[O-])N1CCOC(c1ccccc1)c1ccccc1. The van der Waals surface area contributed by atoms with E-state index in [1.807, 2.05) is 67.6 Å². The van der Waals surface area contributed by atoms with E-state index in [-0.39, 0.29) is 23.0 Å². The molecule has 0 amide bonds. The molecular weight excluding hydrogens is 318 g/mol. The van der Waals surface area contributed by atoms with Crippen LogP contribution in [-0.4, -0.2) is 29.1 Å². The topological polar surface area (TPSA) is 67.6 Å². The summed E-state index contributed by atoms with van der Waals surface area (Å²) in [6.07, 6.45) is 1.13. The molecule has 2 aromatic carbocycles. The van der Waals surface area contributed by atoms with E-state index >= 15 is 0 Å². The fourth-order valence-corrected chi connectivity index (χ4v) is 2.94. The Morgan fingerprint density at radius 3 is 2.20 bits per heavy atom. The molecule has 1 unspecified atom stereocenters. The van der Waals surface area contributed by atoms with Gasteiger partial charge in [-0.2, -0.15) is 0 Å². The predicted molar refractivity (Wildman–Crippen MR) is 95.1 cm³/mol. The zero-order valence-corrected chi connectivity index (χ0v) is 14.0. The number of nitro groups is 1. The Bertz CT molecular complexity index is 695. The van der Waals surface area contributed by atoms with Crippen molar-refractivity contribution in [3.8, 4) is 0 Å². The van der Waals surface area contributed by atoms with Crippen molar-refractivity contribution in [2.75, 3.05) is 13.2 Å². The Morgan fingerprint density at radius 2 is 1.68 bits per heavy atom. The van der Waals surface area contributed by atoms with Gasteiger partial charge in [0.05, 0.1) is 12.8 Å². The quantitative estimate of drug-likeness (QED) is 0.620. The largest absolute Gasteiger partial charge is 0.365 e. The first-order chi connectivity index (χ1) is 12.2. The Kier molecular flexibility index (Phi) is 5.30. The standard InChI is InChI=1S/C19H21N3O3/c1-15-20-14-18(22(23)24)21(15)12-13-25-19(16-8-4-2-5-9-16)17-10-6-3-7-11-17/h2-11,14-15,19-20H,12-13H2,1H3. The number of nitrogens with zero attached hydrogens (tertiary/aromatic N) is 2.